The van der Waals surface area contributed by atoms with Gasteiger partial charge in [-0.2, -0.15) is 0 Å². The first-order valence-electron chi connectivity index (χ1n) is 7.02. The van der Waals surface area contributed by atoms with E-state index in [1.165, 1.54) is 32.4 Å². The maximum atomic E-state index is 12.4. The summed E-state index contributed by atoms with van der Waals surface area (Å²) in [5.41, 5.74) is 0.837. The number of Topliss-reactive ketones (excluding diaryl/α,β-unsaturated/α-hetero) is 1. The van der Waals surface area contributed by atoms with Crippen molar-refractivity contribution < 1.29 is 29.2 Å². The molecule has 1 heterocycles. The van der Waals surface area contributed by atoms with Gasteiger partial charge in [0.2, 0.25) is 5.75 Å². The molecule has 0 bridgehead atoms. The Morgan fingerprint density at radius 3 is 2.43 bits per heavy atom. The largest absolute Gasteiger partial charge is 0.508 e. The van der Waals surface area contributed by atoms with E-state index < -0.39 is 6.10 Å². The second-order valence-electron chi connectivity index (χ2n) is 5.16. The lowest BCUT2D eigenvalue weighted by Gasteiger charge is -2.28. The number of ether oxygens (including phenoxy) is 3. The molecule has 1 aliphatic rings. The molecule has 0 radical (unpaired) electrons. The molecule has 1 atom stereocenters. The number of phenols is 2. The van der Waals surface area contributed by atoms with Crippen LogP contribution in [0.25, 0.3) is 0 Å². The number of carbonyl (C=O) groups is 1. The molecule has 0 saturated heterocycles. The zero-order valence-corrected chi connectivity index (χ0v) is 12.7. The number of ketones is 1. The number of methoxy groups -OCH3 is 2. The number of aromatic hydroxyl groups is 2. The summed E-state index contributed by atoms with van der Waals surface area (Å²) in [5, 5.41) is 19.5. The lowest BCUT2D eigenvalue weighted by Crippen LogP contribution is -2.21. The van der Waals surface area contributed by atoms with Gasteiger partial charge in [-0.15, -0.1) is 0 Å². The van der Waals surface area contributed by atoms with Crippen LogP contribution in [0, 0.1) is 0 Å². The fourth-order valence-electron chi connectivity index (χ4n) is 2.66. The van der Waals surface area contributed by atoms with E-state index in [1.54, 1.807) is 12.1 Å². The van der Waals surface area contributed by atoms with E-state index in [0.29, 0.717) is 0 Å². The Morgan fingerprint density at radius 1 is 1.13 bits per heavy atom. The minimum absolute atomic E-state index is 0.0841. The number of hydrogen-bond donors (Lipinski definition) is 2. The van der Waals surface area contributed by atoms with Gasteiger partial charge < -0.3 is 24.4 Å². The highest BCUT2D eigenvalue weighted by molar-refractivity contribution is 6.03. The summed E-state index contributed by atoms with van der Waals surface area (Å²) in [6.07, 6.45) is -0.447. The van der Waals surface area contributed by atoms with Gasteiger partial charge in [-0.3, -0.25) is 4.79 Å². The summed E-state index contributed by atoms with van der Waals surface area (Å²) in [7, 11) is 2.87. The van der Waals surface area contributed by atoms with Gasteiger partial charge in [0, 0.05) is 6.07 Å². The molecule has 0 amide bonds. The molecule has 3 rings (SSSR count). The SMILES string of the molecule is COc1cc(O)c2c(c1OC)O[C@H](c1ccc(O)cc1)CC2=O. The third kappa shape index (κ3) is 2.52. The van der Waals surface area contributed by atoms with Crippen LogP contribution in [0.1, 0.15) is 28.4 Å². The van der Waals surface area contributed by atoms with Crippen molar-refractivity contribution >= 4 is 5.78 Å². The maximum Gasteiger partial charge on any atom is 0.204 e. The van der Waals surface area contributed by atoms with Crippen molar-refractivity contribution in [3.05, 3.63) is 41.5 Å². The average Bonchev–Trinajstić information content (AvgIpc) is 2.54. The molecule has 0 aromatic heterocycles. The Morgan fingerprint density at radius 2 is 1.83 bits per heavy atom. The Balaban J connectivity index is 2.09. The van der Waals surface area contributed by atoms with Gasteiger partial charge in [-0.25, -0.2) is 0 Å². The molecule has 2 aromatic rings. The van der Waals surface area contributed by atoms with E-state index in [1.807, 2.05) is 0 Å². The second kappa shape index (κ2) is 5.72. The first-order chi connectivity index (χ1) is 11.0. The monoisotopic (exact) mass is 316 g/mol. The Kier molecular flexibility index (Phi) is 3.73. The topological polar surface area (TPSA) is 85.2 Å². The quantitative estimate of drug-likeness (QED) is 0.905. The van der Waals surface area contributed by atoms with Crippen LogP contribution >= 0.6 is 0 Å². The lowest BCUT2D eigenvalue weighted by molar-refractivity contribution is 0.0836. The van der Waals surface area contributed by atoms with Crippen LogP contribution in [0.3, 0.4) is 0 Å². The Bertz CT molecular complexity index is 751. The van der Waals surface area contributed by atoms with Crippen LogP contribution in [-0.2, 0) is 0 Å². The second-order valence-corrected chi connectivity index (χ2v) is 5.16. The van der Waals surface area contributed by atoms with Crippen LogP contribution in [0.2, 0.25) is 0 Å². The van der Waals surface area contributed by atoms with Gasteiger partial charge in [0.15, 0.2) is 17.3 Å². The zero-order valence-electron chi connectivity index (χ0n) is 12.7. The molecule has 0 spiro atoms. The van der Waals surface area contributed by atoms with E-state index >= 15 is 0 Å². The third-order valence-corrected chi connectivity index (χ3v) is 3.78. The molecule has 0 saturated carbocycles. The van der Waals surface area contributed by atoms with E-state index in [4.69, 9.17) is 14.2 Å². The molecule has 6 heteroatoms. The van der Waals surface area contributed by atoms with Gasteiger partial charge >= 0.3 is 0 Å². The van der Waals surface area contributed by atoms with E-state index in [0.717, 1.165) is 5.56 Å². The van der Waals surface area contributed by atoms with Crippen LogP contribution < -0.4 is 14.2 Å². The highest BCUT2D eigenvalue weighted by atomic mass is 16.5. The molecule has 0 aliphatic carbocycles. The average molecular weight is 316 g/mol. The molecule has 120 valence electrons. The van der Waals surface area contributed by atoms with E-state index in [9.17, 15) is 15.0 Å². The number of phenolic OH excluding ortho intramolecular Hbond substituents is 2. The van der Waals surface area contributed by atoms with Crippen molar-refractivity contribution in [2.45, 2.75) is 12.5 Å². The number of rotatable bonds is 3. The van der Waals surface area contributed by atoms with Crippen LogP contribution in [0.15, 0.2) is 30.3 Å². The fourth-order valence-corrected chi connectivity index (χ4v) is 2.66. The maximum absolute atomic E-state index is 12.4. The predicted octanol–water partition coefficient (Wildman–Crippen LogP) is 2.82. The molecule has 6 nitrogen and oxygen atoms in total. The van der Waals surface area contributed by atoms with Crippen molar-refractivity contribution in [2.24, 2.45) is 0 Å². The molecular formula is C17H16O6. The summed E-state index contributed by atoms with van der Waals surface area (Å²) >= 11 is 0. The molecular weight excluding hydrogens is 300 g/mol. The first kappa shape index (κ1) is 15.0. The standard InChI is InChI=1S/C17H16O6/c1-21-14-8-12(20)15-11(19)7-13(23-17(15)16(14)22-2)9-3-5-10(18)6-4-9/h3-6,8,13,18,20H,7H2,1-2H3/t13-/m0/s1. The smallest absolute Gasteiger partial charge is 0.204 e. The summed E-state index contributed by atoms with van der Waals surface area (Å²) in [5.74, 6) is 0.390. The van der Waals surface area contributed by atoms with Crippen LogP contribution in [0.4, 0.5) is 0 Å². The van der Waals surface area contributed by atoms with Crippen molar-refractivity contribution in [1.29, 1.82) is 0 Å². The first-order valence-corrected chi connectivity index (χ1v) is 7.02. The molecule has 1 aliphatic heterocycles. The molecule has 2 N–H and O–H groups in total. The molecule has 23 heavy (non-hydrogen) atoms. The minimum Gasteiger partial charge on any atom is -0.508 e. The number of carbonyl (C=O) groups excluding carboxylic acids is 1. The summed E-state index contributed by atoms with van der Waals surface area (Å²) in [6.45, 7) is 0. The van der Waals surface area contributed by atoms with Crippen LogP contribution in [0.5, 0.6) is 28.7 Å². The van der Waals surface area contributed by atoms with Gasteiger partial charge in [-0.05, 0) is 17.7 Å². The van der Waals surface area contributed by atoms with Gasteiger partial charge in [0.1, 0.15) is 23.2 Å². The number of hydrogen-bond acceptors (Lipinski definition) is 6. The highest BCUT2D eigenvalue weighted by Gasteiger charge is 2.34. The Hall–Kier alpha value is -2.89. The fraction of sp³-hybridized carbons (Fsp3) is 0.235. The van der Waals surface area contributed by atoms with Crippen molar-refractivity contribution in [3.8, 4) is 28.7 Å². The predicted molar refractivity (Wildman–Crippen MR) is 81.6 cm³/mol. The summed E-state index contributed by atoms with van der Waals surface area (Å²) < 4.78 is 16.4. The zero-order chi connectivity index (χ0) is 16.6. The minimum atomic E-state index is -0.531. The van der Waals surface area contributed by atoms with Crippen molar-refractivity contribution in [3.63, 3.8) is 0 Å². The summed E-state index contributed by atoms with van der Waals surface area (Å²) in [6, 6.07) is 7.76. The van der Waals surface area contributed by atoms with Gasteiger partial charge in [-0.1, -0.05) is 12.1 Å². The molecule has 2 aromatic carbocycles. The van der Waals surface area contributed by atoms with Crippen molar-refractivity contribution in [1.82, 2.24) is 0 Å². The van der Waals surface area contributed by atoms with Crippen LogP contribution in [-0.4, -0.2) is 30.2 Å². The van der Waals surface area contributed by atoms with E-state index in [2.05, 4.69) is 0 Å². The van der Waals surface area contributed by atoms with Gasteiger partial charge in [0.05, 0.1) is 20.6 Å². The van der Waals surface area contributed by atoms with Crippen molar-refractivity contribution in [2.75, 3.05) is 14.2 Å². The van der Waals surface area contributed by atoms with E-state index in [-0.39, 0.29) is 46.5 Å². The summed E-state index contributed by atoms with van der Waals surface area (Å²) in [4.78, 5) is 12.4. The number of fused-ring (bicyclic) bond motifs is 1. The molecule has 0 unspecified atom stereocenters. The van der Waals surface area contributed by atoms with Gasteiger partial charge in [0.25, 0.3) is 0 Å². The molecule has 0 fully saturated rings. The highest BCUT2D eigenvalue weighted by Crippen LogP contribution is 2.49. The Labute approximate surface area is 132 Å². The normalized spacial score (nSPS) is 16.4. The number of benzene rings is 2. The lowest BCUT2D eigenvalue weighted by atomic mass is 9.95. The third-order valence-electron chi connectivity index (χ3n) is 3.78.